The van der Waals surface area contributed by atoms with Gasteiger partial charge in [-0.3, -0.25) is 14.2 Å². The van der Waals surface area contributed by atoms with Gasteiger partial charge in [-0.1, -0.05) is 36.0 Å². The number of H-pyrrole nitrogens is 1. The van der Waals surface area contributed by atoms with Crippen LogP contribution in [0.25, 0.3) is 26.8 Å². The van der Waals surface area contributed by atoms with Gasteiger partial charge in [-0.2, -0.15) is 0 Å². The Kier molecular flexibility index (Phi) is 4.88. The van der Waals surface area contributed by atoms with Gasteiger partial charge in [-0.25, -0.2) is 14.4 Å². The summed E-state index contributed by atoms with van der Waals surface area (Å²) in [5.74, 6) is 0.270. The summed E-state index contributed by atoms with van der Waals surface area (Å²) in [6.07, 6.45) is 3.00. The molecule has 6 nitrogen and oxygen atoms in total. The SMILES string of the molecule is O=c1[nH]c(CSc2nc3ccccc3c(=O)n2-c2ccccc2F)nc2sc3c(c12)CCC3. The van der Waals surface area contributed by atoms with Gasteiger partial charge in [0.2, 0.25) is 0 Å². The lowest BCUT2D eigenvalue weighted by molar-refractivity contribution is 0.608. The minimum absolute atomic E-state index is 0.132. The highest BCUT2D eigenvalue weighted by Crippen LogP contribution is 2.35. The van der Waals surface area contributed by atoms with E-state index in [4.69, 9.17) is 0 Å². The predicted octanol–water partition coefficient (Wildman–Crippen LogP) is 4.60. The second-order valence-electron chi connectivity index (χ2n) is 7.84. The zero-order chi connectivity index (χ0) is 22.5. The third-order valence-corrected chi connectivity index (χ3v) is 7.94. The lowest BCUT2D eigenvalue weighted by Crippen LogP contribution is -2.22. The summed E-state index contributed by atoms with van der Waals surface area (Å²) in [4.78, 5) is 40.3. The van der Waals surface area contributed by atoms with Gasteiger partial charge in [0.05, 0.1) is 27.7 Å². The standard InChI is InChI=1S/C24H17FN4O2S2/c25-15-8-2-4-10-17(15)29-23(31)13-6-1-3-9-16(13)26-24(29)32-12-19-27-21(30)20-14-7-5-11-18(14)33-22(20)28-19/h1-4,6,8-10H,5,7,11-12H2,(H,27,28,30). The fraction of sp³-hybridized carbons (Fsp3) is 0.167. The average Bonchev–Trinajstić information content (AvgIpc) is 3.40. The monoisotopic (exact) mass is 476 g/mol. The van der Waals surface area contributed by atoms with Gasteiger partial charge >= 0.3 is 0 Å². The number of aryl methyl sites for hydroxylation is 2. The molecule has 0 amide bonds. The van der Waals surface area contributed by atoms with Crippen molar-refractivity contribution < 1.29 is 4.39 Å². The van der Waals surface area contributed by atoms with E-state index in [1.807, 2.05) is 0 Å². The highest BCUT2D eigenvalue weighted by molar-refractivity contribution is 7.98. The largest absolute Gasteiger partial charge is 0.309 e. The first-order valence-electron chi connectivity index (χ1n) is 10.5. The second-order valence-corrected chi connectivity index (χ2v) is 9.87. The number of nitrogens with zero attached hydrogens (tertiary/aromatic N) is 3. The Labute approximate surface area is 195 Å². The van der Waals surface area contributed by atoms with Crippen molar-refractivity contribution in [3.05, 3.63) is 91.3 Å². The summed E-state index contributed by atoms with van der Waals surface area (Å²) in [7, 11) is 0. The number of para-hydroxylation sites is 2. The van der Waals surface area contributed by atoms with E-state index in [-0.39, 0.29) is 22.6 Å². The molecule has 0 radical (unpaired) electrons. The number of halogens is 1. The Morgan fingerprint density at radius 1 is 1.06 bits per heavy atom. The Balaban J connectivity index is 1.44. The van der Waals surface area contributed by atoms with E-state index in [1.54, 1.807) is 53.8 Å². The van der Waals surface area contributed by atoms with Gasteiger partial charge in [0.15, 0.2) is 5.16 Å². The molecule has 0 unspecified atom stereocenters. The number of fused-ring (bicyclic) bond motifs is 4. The number of hydrogen-bond acceptors (Lipinski definition) is 6. The summed E-state index contributed by atoms with van der Waals surface area (Å²) >= 11 is 2.82. The summed E-state index contributed by atoms with van der Waals surface area (Å²) in [6, 6.07) is 13.1. The van der Waals surface area contributed by atoms with E-state index in [9.17, 15) is 14.0 Å². The summed E-state index contributed by atoms with van der Waals surface area (Å²) in [6.45, 7) is 0. The first kappa shape index (κ1) is 20.3. The van der Waals surface area contributed by atoms with Crippen molar-refractivity contribution in [1.82, 2.24) is 19.5 Å². The molecule has 5 aromatic rings. The summed E-state index contributed by atoms with van der Waals surface area (Å²) in [5.41, 5.74) is 1.32. The highest BCUT2D eigenvalue weighted by Gasteiger charge is 2.22. The Morgan fingerprint density at radius 2 is 1.88 bits per heavy atom. The number of thioether (sulfide) groups is 1. The molecule has 0 fully saturated rings. The minimum Gasteiger partial charge on any atom is -0.309 e. The van der Waals surface area contributed by atoms with Crippen molar-refractivity contribution in [2.24, 2.45) is 0 Å². The van der Waals surface area contributed by atoms with Crippen LogP contribution in [0.3, 0.4) is 0 Å². The van der Waals surface area contributed by atoms with Gasteiger partial charge in [-0.15, -0.1) is 11.3 Å². The lowest BCUT2D eigenvalue weighted by Gasteiger charge is -2.13. The van der Waals surface area contributed by atoms with Crippen molar-refractivity contribution >= 4 is 44.2 Å². The Bertz CT molecular complexity index is 1670. The first-order chi connectivity index (χ1) is 16.1. The van der Waals surface area contributed by atoms with Gasteiger partial charge in [-0.05, 0) is 49.1 Å². The summed E-state index contributed by atoms with van der Waals surface area (Å²) < 4.78 is 15.9. The maximum atomic E-state index is 14.7. The topological polar surface area (TPSA) is 80.6 Å². The molecule has 3 heterocycles. The van der Waals surface area contributed by atoms with Crippen molar-refractivity contribution in [3.8, 4) is 5.69 Å². The van der Waals surface area contributed by atoms with Gasteiger partial charge in [0.25, 0.3) is 11.1 Å². The van der Waals surface area contributed by atoms with Crippen LogP contribution in [-0.4, -0.2) is 19.5 Å². The van der Waals surface area contributed by atoms with Crippen LogP contribution in [0.15, 0.2) is 63.3 Å². The Morgan fingerprint density at radius 3 is 2.76 bits per heavy atom. The molecular formula is C24H17FN4O2S2. The van der Waals surface area contributed by atoms with Crippen LogP contribution in [0, 0.1) is 5.82 Å². The average molecular weight is 477 g/mol. The van der Waals surface area contributed by atoms with Crippen LogP contribution in [-0.2, 0) is 18.6 Å². The molecule has 0 spiro atoms. The minimum atomic E-state index is -0.514. The number of benzene rings is 2. The predicted molar refractivity (Wildman–Crippen MR) is 129 cm³/mol. The molecule has 0 atom stereocenters. The molecule has 164 valence electrons. The van der Waals surface area contributed by atoms with Gasteiger partial charge < -0.3 is 4.98 Å². The van der Waals surface area contributed by atoms with E-state index < -0.39 is 5.82 Å². The lowest BCUT2D eigenvalue weighted by atomic mass is 10.2. The van der Waals surface area contributed by atoms with E-state index in [1.165, 1.54) is 27.3 Å². The van der Waals surface area contributed by atoms with Crippen LogP contribution in [0.4, 0.5) is 4.39 Å². The van der Waals surface area contributed by atoms with Crippen molar-refractivity contribution in [1.29, 1.82) is 0 Å². The third kappa shape index (κ3) is 3.39. The third-order valence-electron chi connectivity index (χ3n) is 5.80. The number of aromatic amines is 1. The first-order valence-corrected chi connectivity index (χ1v) is 12.3. The van der Waals surface area contributed by atoms with E-state index >= 15 is 0 Å². The zero-order valence-corrected chi connectivity index (χ0v) is 18.9. The van der Waals surface area contributed by atoms with Crippen LogP contribution in [0.5, 0.6) is 0 Å². The molecule has 33 heavy (non-hydrogen) atoms. The molecule has 0 saturated carbocycles. The van der Waals surface area contributed by atoms with Crippen molar-refractivity contribution in [2.75, 3.05) is 0 Å². The zero-order valence-electron chi connectivity index (χ0n) is 17.3. The molecule has 3 aromatic heterocycles. The molecule has 1 aliphatic rings. The van der Waals surface area contributed by atoms with E-state index in [0.717, 1.165) is 29.7 Å². The molecule has 2 aromatic carbocycles. The fourth-order valence-corrected chi connectivity index (χ4v) is 6.46. The van der Waals surface area contributed by atoms with Crippen LogP contribution >= 0.6 is 23.1 Å². The number of aromatic nitrogens is 4. The van der Waals surface area contributed by atoms with Crippen LogP contribution in [0.2, 0.25) is 0 Å². The second kappa shape index (κ2) is 7.93. The van der Waals surface area contributed by atoms with Crippen LogP contribution < -0.4 is 11.1 Å². The maximum absolute atomic E-state index is 14.7. The molecular weight excluding hydrogens is 459 g/mol. The quantitative estimate of drug-likeness (QED) is 0.303. The fourth-order valence-electron chi connectivity index (χ4n) is 4.30. The van der Waals surface area contributed by atoms with E-state index in [0.29, 0.717) is 27.3 Å². The molecule has 1 N–H and O–H groups in total. The highest BCUT2D eigenvalue weighted by atomic mass is 32.2. The molecule has 1 aliphatic carbocycles. The molecule has 9 heteroatoms. The number of rotatable bonds is 4. The summed E-state index contributed by atoms with van der Waals surface area (Å²) in [5, 5.41) is 1.44. The number of nitrogens with one attached hydrogen (secondary N) is 1. The van der Waals surface area contributed by atoms with Gasteiger partial charge in [0, 0.05) is 4.88 Å². The smallest absolute Gasteiger partial charge is 0.266 e. The molecule has 0 saturated heterocycles. The molecule has 0 aliphatic heterocycles. The number of thiophene rings is 1. The molecule has 0 bridgehead atoms. The van der Waals surface area contributed by atoms with Crippen LogP contribution in [0.1, 0.15) is 22.7 Å². The maximum Gasteiger partial charge on any atom is 0.266 e. The van der Waals surface area contributed by atoms with E-state index in [2.05, 4.69) is 15.0 Å². The Hall–Kier alpha value is -3.30. The normalized spacial score (nSPS) is 13.1. The van der Waals surface area contributed by atoms with Crippen molar-refractivity contribution in [3.63, 3.8) is 0 Å². The number of hydrogen-bond donors (Lipinski definition) is 1. The van der Waals surface area contributed by atoms with Gasteiger partial charge in [0.1, 0.15) is 16.5 Å². The van der Waals surface area contributed by atoms with Crippen molar-refractivity contribution in [2.45, 2.75) is 30.2 Å². The molecule has 6 rings (SSSR count).